The lowest BCUT2D eigenvalue weighted by atomic mass is 10.2. The molecule has 2 heterocycles. The first-order valence-corrected chi connectivity index (χ1v) is 6.43. The summed E-state index contributed by atoms with van der Waals surface area (Å²) in [6, 6.07) is 5.84. The third-order valence-corrected chi connectivity index (χ3v) is 2.76. The average Bonchev–Trinajstić information content (AvgIpc) is 2.44. The number of nitrogens with two attached hydrogens (primary N) is 1. The monoisotopic (exact) mass is 258 g/mol. The zero-order chi connectivity index (χ0) is 13.5. The van der Waals surface area contributed by atoms with Crippen LogP contribution in [-0.4, -0.2) is 21.6 Å². The quantitative estimate of drug-likeness (QED) is 0.858. The molecule has 0 aliphatic heterocycles. The highest BCUT2D eigenvalue weighted by molar-refractivity contribution is 5.44. The Balaban J connectivity index is 1.97. The molecule has 19 heavy (non-hydrogen) atoms. The van der Waals surface area contributed by atoms with Crippen molar-refractivity contribution < 1.29 is 4.74 Å². The summed E-state index contributed by atoms with van der Waals surface area (Å²) in [6.07, 6.45) is 5.77. The van der Waals surface area contributed by atoms with Crippen molar-refractivity contribution in [1.29, 1.82) is 0 Å². The normalized spacial score (nSPS) is 10.4. The van der Waals surface area contributed by atoms with Crippen LogP contribution >= 0.6 is 0 Å². The SMILES string of the molecule is CCCc1c(N)ncnc1OCCc1ccccn1. The highest BCUT2D eigenvalue weighted by Crippen LogP contribution is 2.21. The maximum Gasteiger partial charge on any atom is 0.221 e. The van der Waals surface area contributed by atoms with E-state index in [1.54, 1.807) is 6.20 Å². The van der Waals surface area contributed by atoms with E-state index in [0.29, 0.717) is 18.3 Å². The van der Waals surface area contributed by atoms with Crippen LogP contribution in [0.3, 0.4) is 0 Å². The first-order chi connectivity index (χ1) is 9.31. The summed E-state index contributed by atoms with van der Waals surface area (Å²) in [5.41, 5.74) is 7.74. The second kappa shape index (κ2) is 6.68. The van der Waals surface area contributed by atoms with Crippen molar-refractivity contribution in [1.82, 2.24) is 15.0 Å². The first-order valence-electron chi connectivity index (χ1n) is 6.43. The maximum atomic E-state index is 5.85. The van der Waals surface area contributed by atoms with Gasteiger partial charge in [0.25, 0.3) is 0 Å². The van der Waals surface area contributed by atoms with Gasteiger partial charge < -0.3 is 10.5 Å². The van der Waals surface area contributed by atoms with Crippen molar-refractivity contribution in [2.75, 3.05) is 12.3 Å². The van der Waals surface area contributed by atoms with E-state index in [2.05, 4.69) is 21.9 Å². The number of ether oxygens (including phenoxy) is 1. The molecule has 0 atom stereocenters. The lowest BCUT2D eigenvalue weighted by Gasteiger charge is -2.10. The van der Waals surface area contributed by atoms with E-state index >= 15 is 0 Å². The van der Waals surface area contributed by atoms with Gasteiger partial charge in [-0.25, -0.2) is 9.97 Å². The molecule has 0 spiro atoms. The molecule has 0 bridgehead atoms. The van der Waals surface area contributed by atoms with Crippen LogP contribution in [0.2, 0.25) is 0 Å². The molecule has 0 unspecified atom stereocenters. The molecule has 0 aromatic carbocycles. The molecule has 2 aromatic rings. The lowest BCUT2D eigenvalue weighted by molar-refractivity contribution is 0.304. The highest BCUT2D eigenvalue weighted by Gasteiger charge is 2.09. The Labute approximate surface area is 112 Å². The molecule has 0 saturated heterocycles. The van der Waals surface area contributed by atoms with Gasteiger partial charge in [0.15, 0.2) is 0 Å². The fourth-order valence-electron chi connectivity index (χ4n) is 1.82. The Hall–Kier alpha value is -2.17. The van der Waals surface area contributed by atoms with E-state index in [4.69, 9.17) is 10.5 Å². The molecule has 0 aliphatic carbocycles. The molecule has 5 nitrogen and oxygen atoms in total. The van der Waals surface area contributed by atoms with Gasteiger partial charge in [0.1, 0.15) is 12.1 Å². The number of nitrogen functional groups attached to an aromatic ring is 1. The number of nitrogens with zero attached hydrogens (tertiary/aromatic N) is 3. The van der Waals surface area contributed by atoms with Gasteiger partial charge in [-0.2, -0.15) is 0 Å². The zero-order valence-corrected chi connectivity index (χ0v) is 11.0. The van der Waals surface area contributed by atoms with E-state index in [-0.39, 0.29) is 0 Å². The molecule has 2 aromatic heterocycles. The number of anilines is 1. The van der Waals surface area contributed by atoms with Gasteiger partial charge in [0, 0.05) is 18.3 Å². The average molecular weight is 258 g/mol. The highest BCUT2D eigenvalue weighted by atomic mass is 16.5. The van der Waals surface area contributed by atoms with Crippen LogP contribution in [-0.2, 0) is 12.8 Å². The van der Waals surface area contributed by atoms with Gasteiger partial charge in [-0.1, -0.05) is 19.4 Å². The summed E-state index contributed by atoms with van der Waals surface area (Å²) in [5.74, 6) is 1.09. The van der Waals surface area contributed by atoms with Gasteiger partial charge in [-0.3, -0.25) is 4.98 Å². The Morgan fingerprint density at radius 2 is 2.05 bits per heavy atom. The molecule has 0 radical (unpaired) electrons. The maximum absolute atomic E-state index is 5.85. The molecule has 0 fully saturated rings. The number of aromatic nitrogens is 3. The van der Waals surface area contributed by atoms with Gasteiger partial charge in [0.05, 0.1) is 12.2 Å². The van der Waals surface area contributed by atoms with Crippen LogP contribution < -0.4 is 10.5 Å². The van der Waals surface area contributed by atoms with Crippen molar-refractivity contribution in [3.63, 3.8) is 0 Å². The van der Waals surface area contributed by atoms with Gasteiger partial charge in [-0.05, 0) is 18.6 Å². The summed E-state index contributed by atoms with van der Waals surface area (Å²) in [7, 11) is 0. The Kier molecular flexibility index (Phi) is 4.66. The van der Waals surface area contributed by atoms with Crippen molar-refractivity contribution in [3.8, 4) is 5.88 Å². The molecule has 0 saturated carbocycles. The van der Waals surface area contributed by atoms with Gasteiger partial charge >= 0.3 is 0 Å². The number of hydrogen-bond donors (Lipinski definition) is 1. The predicted molar refractivity (Wildman–Crippen MR) is 73.9 cm³/mol. The fourth-order valence-corrected chi connectivity index (χ4v) is 1.82. The third-order valence-electron chi connectivity index (χ3n) is 2.76. The van der Waals surface area contributed by atoms with Crippen molar-refractivity contribution in [3.05, 3.63) is 42.0 Å². The van der Waals surface area contributed by atoms with Gasteiger partial charge in [-0.15, -0.1) is 0 Å². The van der Waals surface area contributed by atoms with E-state index < -0.39 is 0 Å². The Bertz CT molecular complexity index is 516. The topological polar surface area (TPSA) is 73.9 Å². The molecule has 100 valence electrons. The smallest absolute Gasteiger partial charge is 0.221 e. The van der Waals surface area contributed by atoms with E-state index in [9.17, 15) is 0 Å². The number of pyridine rings is 1. The summed E-state index contributed by atoms with van der Waals surface area (Å²) in [6.45, 7) is 2.62. The van der Waals surface area contributed by atoms with Gasteiger partial charge in [0.2, 0.25) is 5.88 Å². The van der Waals surface area contributed by atoms with Crippen LogP contribution in [0, 0.1) is 0 Å². The van der Waals surface area contributed by atoms with Crippen LogP contribution in [0.1, 0.15) is 24.6 Å². The van der Waals surface area contributed by atoms with Crippen molar-refractivity contribution in [2.45, 2.75) is 26.2 Å². The summed E-state index contributed by atoms with van der Waals surface area (Å²) in [4.78, 5) is 12.4. The fraction of sp³-hybridized carbons (Fsp3) is 0.357. The predicted octanol–water partition coefficient (Wildman–Crippen LogP) is 2.03. The molecule has 2 N–H and O–H groups in total. The Morgan fingerprint density at radius 1 is 1.16 bits per heavy atom. The van der Waals surface area contributed by atoms with Crippen LogP contribution in [0.25, 0.3) is 0 Å². The van der Waals surface area contributed by atoms with Crippen LogP contribution in [0.15, 0.2) is 30.7 Å². The standard InChI is InChI=1S/C14H18N4O/c1-2-5-12-13(15)17-10-18-14(12)19-9-7-11-6-3-4-8-16-11/h3-4,6,8,10H,2,5,7,9H2,1H3,(H2,15,17,18). The summed E-state index contributed by atoms with van der Waals surface area (Å²) >= 11 is 0. The molecule has 0 amide bonds. The van der Waals surface area contributed by atoms with Crippen molar-refractivity contribution in [2.24, 2.45) is 0 Å². The third kappa shape index (κ3) is 3.64. The number of rotatable bonds is 6. The molecular formula is C14H18N4O. The van der Waals surface area contributed by atoms with Crippen molar-refractivity contribution >= 4 is 5.82 Å². The minimum Gasteiger partial charge on any atom is -0.477 e. The van der Waals surface area contributed by atoms with E-state index in [0.717, 1.165) is 30.5 Å². The summed E-state index contributed by atoms with van der Waals surface area (Å²) < 4.78 is 5.70. The first kappa shape index (κ1) is 13.3. The zero-order valence-electron chi connectivity index (χ0n) is 11.0. The van der Waals surface area contributed by atoms with Crippen LogP contribution in [0.5, 0.6) is 5.88 Å². The molecule has 0 aliphatic rings. The van der Waals surface area contributed by atoms with Crippen LogP contribution in [0.4, 0.5) is 5.82 Å². The van der Waals surface area contributed by atoms with E-state index in [1.165, 1.54) is 6.33 Å². The second-order valence-corrected chi connectivity index (χ2v) is 4.21. The second-order valence-electron chi connectivity index (χ2n) is 4.21. The lowest BCUT2D eigenvalue weighted by Crippen LogP contribution is -2.08. The molecule has 2 rings (SSSR count). The minimum atomic E-state index is 0.504. The van der Waals surface area contributed by atoms with E-state index in [1.807, 2.05) is 18.2 Å². The summed E-state index contributed by atoms with van der Waals surface area (Å²) in [5, 5.41) is 0. The Morgan fingerprint density at radius 3 is 2.79 bits per heavy atom. The minimum absolute atomic E-state index is 0.504. The largest absolute Gasteiger partial charge is 0.477 e. The molecule has 5 heteroatoms. The molecular weight excluding hydrogens is 240 g/mol. The number of hydrogen-bond acceptors (Lipinski definition) is 5.